The Balaban J connectivity index is 1.77. The Morgan fingerprint density at radius 1 is 1.14 bits per heavy atom. The second kappa shape index (κ2) is 11.3. The predicted octanol–water partition coefficient (Wildman–Crippen LogP) is 2.90. The minimum absolute atomic E-state index is 0.189. The molecule has 0 aromatic heterocycles. The maximum Gasteiger partial charge on any atom is 0.326 e. The van der Waals surface area contributed by atoms with Crippen LogP contribution in [-0.4, -0.2) is 46.5 Å². The third-order valence-electron chi connectivity index (χ3n) is 5.13. The smallest absolute Gasteiger partial charge is 0.326 e. The standard InChI is InChI=1S/C21H31N3O4/c1-16(20(26)27)24(15-17-9-4-2-5-10-17)19(25)13-8-14-22-21(28)23-18-11-6-3-7-12-18/h2,4-5,9-10,16,18H,3,6-8,11-15H2,1H3,(H,26,27)(H2,22,23,28). The molecule has 0 radical (unpaired) electrons. The van der Waals surface area contributed by atoms with Crippen molar-refractivity contribution in [2.45, 2.75) is 70.5 Å². The van der Waals surface area contributed by atoms with Crippen LogP contribution in [0, 0.1) is 0 Å². The number of aliphatic carboxylic acids is 1. The van der Waals surface area contributed by atoms with Gasteiger partial charge in [0.25, 0.3) is 0 Å². The Kier molecular flexibility index (Phi) is 8.78. The number of benzene rings is 1. The second-order valence-corrected chi connectivity index (χ2v) is 7.36. The third kappa shape index (κ3) is 7.21. The molecule has 1 aromatic rings. The van der Waals surface area contributed by atoms with Crippen molar-refractivity contribution in [1.82, 2.24) is 15.5 Å². The number of carboxylic acid groups (broad SMARTS) is 1. The minimum atomic E-state index is -1.03. The molecule has 1 unspecified atom stereocenters. The van der Waals surface area contributed by atoms with Crippen LogP contribution in [0.5, 0.6) is 0 Å². The Labute approximate surface area is 166 Å². The molecule has 1 fully saturated rings. The molecular formula is C21H31N3O4. The van der Waals surface area contributed by atoms with E-state index in [0.29, 0.717) is 13.0 Å². The monoisotopic (exact) mass is 389 g/mol. The number of nitrogens with zero attached hydrogens (tertiary/aromatic N) is 1. The maximum absolute atomic E-state index is 12.6. The van der Waals surface area contributed by atoms with E-state index in [-0.39, 0.29) is 30.9 Å². The van der Waals surface area contributed by atoms with Crippen LogP contribution >= 0.6 is 0 Å². The maximum atomic E-state index is 12.6. The summed E-state index contributed by atoms with van der Waals surface area (Å²) >= 11 is 0. The number of nitrogens with one attached hydrogen (secondary N) is 2. The number of carbonyl (C=O) groups is 3. The summed E-state index contributed by atoms with van der Waals surface area (Å²) in [4.78, 5) is 37.3. The quantitative estimate of drug-likeness (QED) is 0.566. The van der Waals surface area contributed by atoms with Crippen LogP contribution in [0.25, 0.3) is 0 Å². The van der Waals surface area contributed by atoms with Gasteiger partial charge in [0.2, 0.25) is 5.91 Å². The first-order chi connectivity index (χ1) is 13.5. The first kappa shape index (κ1) is 21.7. The van der Waals surface area contributed by atoms with Crippen molar-refractivity contribution in [3.63, 3.8) is 0 Å². The Morgan fingerprint density at radius 2 is 1.82 bits per heavy atom. The Bertz CT molecular complexity index is 644. The van der Waals surface area contributed by atoms with E-state index in [0.717, 1.165) is 31.2 Å². The molecule has 2 rings (SSSR count). The fourth-order valence-corrected chi connectivity index (χ4v) is 3.42. The number of carboxylic acids is 1. The molecule has 154 valence electrons. The van der Waals surface area contributed by atoms with Crippen LogP contribution in [0.15, 0.2) is 30.3 Å². The zero-order valence-electron chi connectivity index (χ0n) is 16.5. The van der Waals surface area contributed by atoms with Crippen LogP contribution in [0.1, 0.15) is 57.4 Å². The van der Waals surface area contributed by atoms with E-state index in [1.807, 2.05) is 30.3 Å². The van der Waals surface area contributed by atoms with Crippen molar-refractivity contribution in [1.29, 1.82) is 0 Å². The van der Waals surface area contributed by atoms with Gasteiger partial charge in [0.05, 0.1) is 0 Å². The molecule has 1 atom stereocenters. The molecule has 3 N–H and O–H groups in total. The van der Waals surface area contributed by atoms with Gasteiger partial charge in [0.1, 0.15) is 6.04 Å². The van der Waals surface area contributed by atoms with Crippen LogP contribution < -0.4 is 10.6 Å². The summed E-state index contributed by atoms with van der Waals surface area (Å²) in [7, 11) is 0. The zero-order valence-corrected chi connectivity index (χ0v) is 16.5. The van der Waals surface area contributed by atoms with Crippen LogP contribution in [-0.2, 0) is 16.1 Å². The van der Waals surface area contributed by atoms with Gasteiger partial charge >= 0.3 is 12.0 Å². The lowest BCUT2D eigenvalue weighted by Gasteiger charge is -2.27. The van der Waals surface area contributed by atoms with Gasteiger partial charge in [-0.05, 0) is 31.7 Å². The van der Waals surface area contributed by atoms with Crippen LogP contribution in [0.3, 0.4) is 0 Å². The third-order valence-corrected chi connectivity index (χ3v) is 5.13. The molecular weight excluding hydrogens is 358 g/mol. The van der Waals surface area contributed by atoms with Gasteiger partial charge in [-0.2, -0.15) is 0 Å². The molecule has 7 heteroatoms. The van der Waals surface area contributed by atoms with Crippen molar-refractivity contribution in [3.8, 4) is 0 Å². The molecule has 0 bridgehead atoms. The second-order valence-electron chi connectivity index (χ2n) is 7.36. The average molecular weight is 389 g/mol. The summed E-state index contributed by atoms with van der Waals surface area (Å²) in [5.41, 5.74) is 0.883. The summed E-state index contributed by atoms with van der Waals surface area (Å²) in [5.74, 6) is -1.26. The Morgan fingerprint density at radius 3 is 2.46 bits per heavy atom. The summed E-state index contributed by atoms with van der Waals surface area (Å²) in [5, 5.41) is 15.1. The van der Waals surface area contributed by atoms with Crippen molar-refractivity contribution >= 4 is 17.9 Å². The van der Waals surface area contributed by atoms with E-state index in [2.05, 4.69) is 10.6 Å². The largest absolute Gasteiger partial charge is 0.480 e. The minimum Gasteiger partial charge on any atom is -0.480 e. The van der Waals surface area contributed by atoms with Gasteiger partial charge in [-0.3, -0.25) is 4.79 Å². The van der Waals surface area contributed by atoms with Crippen molar-refractivity contribution < 1.29 is 19.5 Å². The van der Waals surface area contributed by atoms with Crippen molar-refractivity contribution in [2.75, 3.05) is 6.54 Å². The van der Waals surface area contributed by atoms with Crippen molar-refractivity contribution in [3.05, 3.63) is 35.9 Å². The fourth-order valence-electron chi connectivity index (χ4n) is 3.42. The average Bonchev–Trinajstić information content (AvgIpc) is 2.70. The summed E-state index contributed by atoms with van der Waals surface area (Å²) in [6.07, 6.45) is 6.23. The number of hydrogen-bond acceptors (Lipinski definition) is 3. The predicted molar refractivity (Wildman–Crippen MR) is 107 cm³/mol. The summed E-state index contributed by atoms with van der Waals surface area (Å²) < 4.78 is 0. The van der Waals surface area contributed by atoms with E-state index < -0.39 is 12.0 Å². The molecule has 1 aliphatic rings. The molecule has 1 aromatic carbocycles. The molecule has 1 aliphatic carbocycles. The molecule has 7 nitrogen and oxygen atoms in total. The zero-order chi connectivity index (χ0) is 20.4. The van der Waals surface area contributed by atoms with Gasteiger partial charge in [0.15, 0.2) is 0 Å². The van der Waals surface area contributed by atoms with E-state index in [1.54, 1.807) is 0 Å². The topological polar surface area (TPSA) is 98.7 Å². The number of amides is 3. The SMILES string of the molecule is CC(C(=O)O)N(Cc1ccccc1)C(=O)CCCNC(=O)NC1CCCCC1. The lowest BCUT2D eigenvalue weighted by molar-refractivity contribution is -0.150. The van der Waals surface area contributed by atoms with E-state index in [9.17, 15) is 19.5 Å². The molecule has 3 amide bonds. The highest BCUT2D eigenvalue weighted by atomic mass is 16.4. The number of urea groups is 1. The molecule has 0 aliphatic heterocycles. The van der Waals surface area contributed by atoms with Crippen LogP contribution in [0.2, 0.25) is 0 Å². The number of carbonyl (C=O) groups excluding carboxylic acids is 2. The number of rotatable bonds is 9. The van der Waals surface area contributed by atoms with Crippen LogP contribution in [0.4, 0.5) is 4.79 Å². The molecule has 0 heterocycles. The molecule has 0 saturated heterocycles. The van der Waals surface area contributed by atoms with Gasteiger partial charge in [0, 0.05) is 25.6 Å². The highest BCUT2D eigenvalue weighted by Gasteiger charge is 2.25. The van der Waals surface area contributed by atoms with Gasteiger partial charge in [-0.15, -0.1) is 0 Å². The lowest BCUT2D eigenvalue weighted by atomic mass is 9.96. The van der Waals surface area contributed by atoms with Gasteiger partial charge < -0.3 is 20.6 Å². The van der Waals surface area contributed by atoms with E-state index in [1.165, 1.54) is 18.2 Å². The lowest BCUT2D eigenvalue weighted by Crippen LogP contribution is -2.44. The molecule has 1 saturated carbocycles. The first-order valence-electron chi connectivity index (χ1n) is 10.1. The normalized spacial score (nSPS) is 15.5. The van der Waals surface area contributed by atoms with Crippen molar-refractivity contribution in [2.24, 2.45) is 0 Å². The summed E-state index contributed by atoms with van der Waals surface area (Å²) in [6.45, 7) is 2.15. The van der Waals surface area contributed by atoms with Gasteiger partial charge in [-0.1, -0.05) is 49.6 Å². The first-order valence-corrected chi connectivity index (χ1v) is 10.1. The van der Waals surface area contributed by atoms with E-state index >= 15 is 0 Å². The highest BCUT2D eigenvalue weighted by molar-refractivity contribution is 5.83. The summed E-state index contributed by atoms with van der Waals surface area (Å²) in [6, 6.07) is 8.47. The Hall–Kier alpha value is -2.57. The highest BCUT2D eigenvalue weighted by Crippen LogP contribution is 2.17. The fraction of sp³-hybridized carbons (Fsp3) is 0.571. The van der Waals surface area contributed by atoms with Gasteiger partial charge in [-0.25, -0.2) is 9.59 Å². The number of hydrogen-bond donors (Lipinski definition) is 3. The molecule has 0 spiro atoms. The molecule has 28 heavy (non-hydrogen) atoms. The van der Waals surface area contributed by atoms with E-state index in [4.69, 9.17) is 0 Å².